The molecule has 1 heterocycles. The van der Waals surface area contributed by atoms with Crippen LogP contribution >= 0.6 is 0 Å². The van der Waals surface area contributed by atoms with E-state index in [0.29, 0.717) is 39.3 Å². The van der Waals surface area contributed by atoms with Crippen molar-refractivity contribution in [3.8, 4) is 0 Å². The Morgan fingerprint density at radius 1 is 1.00 bits per heavy atom. The number of esters is 2. The van der Waals surface area contributed by atoms with Crippen molar-refractivity contribution in [3.63, 3.8) is 0 Å². The van der Waals surface area contributed by atoms with Crippen LogP contribution in [0.15, 0.2) is 72.8 Å². The van der Waals surface area contributed by atoms with Gasteiger partial charge in [-0.25, -0.2) is 9.59 Å². The van der Waals surface area contributed by atoms with Crippen molar-refractivity contribution in [2.24, 2.45) is 5.73 Å². The van der Waals surface area contributed by atoms with Crippen molar-refractivity contribution in [1.82, 2.24) is 0 Å². The number of fused-ring (bicyclic) bond motifs is 1. The number of hydrogen-bond donors (Lipinski definition) is 3. The molecule has 1 amide bonds. The van der Waals surface area contributed by atoms with Crippen molar-refractivity contribution < 1.29 is 23.9 Å². The fourth-order valence-electron chi connectivity index (χ4n) is 3.99. The summed E-state index contributed by atoms with van der Waals surface area (Å²) in [6, 6.07) is 21.5. The molecule has 4 rings (SSSR count). The molecule has 0 radical (unpaired) electrons. The number of hydrogen-bond acceptors (Lipinski definition) is 7. The molecule has 1 atom stereocenters. The number of ether oxygens (including phenoxy) is 2. The van der Waals surface area contributed by atoms with Crippen LogP contribution in [0.2, 0.25) is 0 Å². The molecule has 1 unspecified atom stereocenters. The maximum absolute atomic E-state index is 13.1. The minimum absolute atomic E-state index is 0.240. The Balaban J connectivity index is 1.75. The van der Waals surface area contributed by atoms with Crippen LogP contribution in [0.5, 0.6) is 0 Å². The van der Waals surface area contributed by atoms with Gasteiger partial charge in [-0.05, 0) is 49.2 Å². The minimum atomic E-state index is -1.29. The number of anilines is 2. The van der Waals surface area contributed by atoms with E-state index in [2.05, 4.69) is 10.6 Å². The molecule has 4 N–H and O–H groups in total. The number of carbonyl (C=O) groups excluding carboxylic acids is 3. The second-order valence-corrected chi connectivity index (χ2v) is 8.45. The van der Waals surface area contributed by atoms with E-state index in [1.165, 1.54) is 7.11 Å². The van der Waals surface area contributed by atoms with E-state index in [1.54, 1.807) is 56.3 Å². The normalized spacial score (nSPS) is 15.3. The summed E-state index contributed by atoms with van der Waals surface area (Å²) in [6.07, 6.45) is 0. The van der Waals surface area contributed by atoms with Crippen LogP contribution < -0.4 is 16.4 Å². The van der Waals surface area contributed by atoms with Crippen LogP contribution in [-0.2, 0) is 24.6 Å². The summed E-state index contributed by atoms with van der Waals surface area (Å²) < 4.78 is 9.89. The highest BCUT2D eigenvalue weighted by Gasteiger charge is 2.32. The van der Waals surface area contributed by atoms with Crippen molar-refractivity contribution in [2.75, 3.05) is 24.4 Å². The van der Waals surface area contributed by atoms with Gasteiger partial charge in [-0.2, -0.15) is 0 Å². The molecule has 8 nitrogen and oxygen atoms in total. The van der Waals surface area contributed by atoms with Gasteiger partial charge in [0.15, 0.2) is 0 Å². The van der Waals surface area contributed by atoms with E-state index < -0.39 is 17.5 Å². The largest absolute Gasteiger partial charge is 0.465 e. The van der Waals surface area contributed by atoms with Crippen molar-refractivity contribution in [3.05, 3.63) is 95.1 Å². The lowest BCUT2D eigenvalue weighted by molar-refractivity contribution is -0.149. The second-order valence-electron chi connectivity index (χ2n) is 8.45. The van der Waals surface area contributed by atoms with Gasteiger partial charge < -0.3 is 25.8 Å². The van der Waals surface area contributed by atoms with E-state index in [4.69, 9.17) is 15.2 Å². The van der Waals surface area contributed by atoms with Crippen LogP contribution in [0.4, 0.5) is 11.4 Å². The molecule has 0 spiro atoms. The third-order valence-electron chi connectivity index (χ3n) is 5.95. The standard InChI is InChI=1S/C28H27N3O5/c1-4-36-27(34)28(2,29)19-11-13-20(14-12-19)30-24(17-8-6-5-7-9-17)23-21-15-10-18(26(33)35-3)16-22(21)31-25(23)32/h5-16,30H,4,29H2,1-3H3,(H,31,32)/b24-23+. The first kappa shape index (κ1) is 24.7. The molecule has 0 fully saturated rings. The van der Waals surface area contributed by atoms with Gasteiger partial charge >= 0.3 is 11.9 Å². The van der Waals surface area contributed by atoms with Crippen molar-refractivity contribution in [2.45, 2.75) is 19.4 Å². The summed E-state index contributed by atoms with van der Waals surface area (Å²) >= 11 is 0. The summed E-state index contributed by atoms with van der Waals surface area (Å²) in [5.74, 6) is -1.30. The lowest BCUT2D eigenvalue weighted by Gasteiger charge is -2.23. The maximum atomic E-state index is 13.1. The molecule has 0 aromatic heterocycles. The molecule has 0 bridgehead atoms. The van der Waals surface area contributed by atoms with Crippen molar-refractivity contribution in [1.29, 1.82) is 0 Å². The highest BCUT2D eigenvalue weighted by Crippen LogP contribution is 2.38. The average molecular weight is 486 g/mol. The van der Waals surface area contributed by atoms with Crippen molar-refractivity contribution >= 4 is 40.5 Å². The second kappa shape index (κ2) is 10.1. The van der Waals surface area contributed by atoms with Gasteiger partial charge in [0.05, 0.1) is 36.2 Å². The SMILES string of the molecule is CCOC(=O)C(C)(N)c1ccc(N/C(=C2/C(=O)Nc3cc(C(=O)OC)ccc32)c2ccccc2)cc1. The molecule has 1 aliphatic rings. The topological polar surface area (TPSA) is 120 Å². The predicted molar refractivity (Wildman–Crippen MR) is 138 cm³/mol. The van der Waals surface area contributed by atoms with Crippen LogP contribution in [-0.4, -0.2) is 31.6 Å². The van der Waals surface area contributed by atoms with E-state index in [9.17, 15) is 14.4 Å². The van der Waals surface area contributed by atoms with Crippen LogP contribution in [0.25, 0.3) is 11.3 Å². The van der Waals surface area contributed by atoms with Crippen LogP contribution in [0.1, 0.15) is 40.9 Å². The fraction of sp³-hybridized carbons (Fsp3) is 0.179. The number of amides is 1. The lowest BCUT2D eigenvalue weighted by Crippen LogP contribution is -2.43. The molecule has 3 aromatic rings. The Morgan fingerprint density at radius 2 is 1.69 bits per heavy atom. The zero-order valence-corrected chi connectivity index (χ0v) is 20.3. The zero-order valence-electron chi connectivity index (χ0n) is 20.3. The first-order valence-corrected chi connectivity index (χ1v) is 11.4. The Morgan fingerprint density at radius 3 is 2.33 bits per heavy atom. The highest BCUT2D eigenvalue weighted by molar-refractivity contribution is 6.37. The predicted octanol–water partition coefficient (Wildman–Crippen LogP) is 4.14. The molecule has 3 aromatic carbocycles. The Bertz CT molecular complexity index is 1350. The summed E-state index contributed by atoms with van der Waals surface area (Å²) in [6.45, 7) is 3.57. The number of nitrogens with one attached hydrogen (secondary N) is 2. The summed E-state index contributed by atoms with van der Waals surface area (Å²) in [5.41, 5.74) is 9.58. The quantitative estimate of drug-likeness (QED) is 0.340. The van der Waals surface area contributed by atoms with E-state index in [1.807, 2.05) is 30.3 Å². The first-order valence-electron chi connectivity index (χ1n) is 11.4. The molecule has 36 heavy (non-hydrogen) atoms. The summed E-state index contributed by atoms with van der Waals surface area (Å²) in [4.78, 5) is 37.3. The van der Waals surface area contributed by atoms with Crippen LogP contribution in [0, 0.1) is 0 Å². The Kier molecular flexibility index (Phi) is 6.89. The van der Waals surface area contributed by atoms with E-state index in [-0.39, 0.29) is 12.5 Å². The monoisotopic (exact) mass is 485 g/mol. The zero-order chi connectivity index (χ0) is 25.9. The Labute approximate surface area is 209 Å². The molecule has 8 heteroatoms. The fourth-order valence-corrected chi connectivity index (χ4v) is 3.99. The number of carbonyl (C=O) groups is 3. The van der Waals surface area contributed by atoms with Gasteiger partial charge in [-0.3, -0.25) is 4.79 Å². The average Bonchev–Trinajstić information content (AvgIpc) is 3.22. The molecule has 0 saturated heterocycles. The third-order valence-corrected chi connectivity index (χ3v) is 5.95. The highest BCUT2D eigenvalue weighted by atomic mass is 16.5. The van der Waals surface area contributed by atoms with E-state index in [0.717, 1.165) is 5.56 Å². The molecule has 0 saturated carbocycles. The van der Waals surface area contributed by atoms with E-state index >= 15 is 0 Å². The van der Waals surface area contributed by atoms with Crippen LogP contribution in [0.3, 0.4) is 0 Å². The molecule has 1 aliphatic heterocycles. The molecular weight excluding hydrogens is 458 g/mol. The van der Waals surface area contributed by atoms with Gasteiger partial charge in [0.2, 0.25) is 0 Å². The minimum Gasteiger partial charge on any atom is -0.465 e. The number of benzene rings is 3. The van der Waals surface area contributed by atoms with Gasteiger partial charge in [0.25, 0.3) is 5.91 Å². The number of rotatable bonds is 7. The van der Waals surface area contributed by atoms with Gasteiger partial charge in [-0.1, -0.05) is 48.5 Å². The summed E-state index contributed by atoms with van der Waals surface area (Å²) in [5, 5.41) is 6.20. The molecule has 184 valence electrons. The maximum Gasteiger partial charge on any atom is 0.337 e. The molecular formula is C28H27N3O5. The van der Waals surface area contributed by atoms with Gasteiger partial charge in [0.1, 0.15) is 5.54 Å². The third kappa shape index (κ3) is 4.71. The van der Waals surface area contributed by atoms with Gasteiger partial charge in [0, 0.05) is 11.3 Å². The molecule has 0 aliphatic carbocycles. The number of nitrogens with two attached hydrogens (primary N) is 1. The number of methoxy groups -OCH3 is 1. The smallest absolute Gasteiger partial charge is 0.337 e. The first-order chi connectivity index (χ1) is 17.3. The van der Waals surface area contributed by atoms with Gasteiger partial charge in [-0.15, -0.1) is 0 Å². The Hall–Kier alpha value is -4.43. The lowest BCUT2D eigenvalue weighted by atomic mass is 9.93. The summed E-state index contributed by atoms with van der Waals surface area (Å²) in [7, 11) is 1.31.